The highest BCUT2D eigenvalue weighted by Gasteiger charge is 2.43. The molecule has 0 radical (unpaired) electrons. The zero-order valence-electron chi connectivity index (χ0n) is 12.9. The summed E-state index contributed by atoms with van der Waals surface area (Å²) in [6.45, 7) is 3.81. The molecule has 4 rings (SSSR count). The smallest absolute Gasteiger partial charge is 0.135 e. The maximum absolute atomic E-state index is 10.2. The van der Waals surface area contributed by atoms with Gasteiger partial charge in [0, 0.05) is 17.2 Å². The molecule has 0 saturated heterocycles. The quantitative estimate of drug-likeness (QED) is 0.750. The lowest BCUT2D eigenvalue weighted by Crippen LogP contribution is -2.33. The van der Waals surface area contributed by atoms with Crippen LogP contribution in [0, 0.1) is 13.8 Å². The minimum atomic E-state index is -0.352. The third-order valence-corrected chi connectivity index (χ3v) is 5.13. The van der Waals surface area contributed by atoms with Crippen LogP contribution >= 0.6 is 0 Å². The summed E-state index contributed by atoms with van der Waals surface area (Å²) in [5.74, 6) is 1.35. The summed E-state index contributed by atoms with van der Waals surface area (Å²) in [7, 11) is 0. The number of phenols is 2. The van der Waals surface area contributed by atoms with Gasteiger partial charge < -0.3 is 14.9 Å². The van der Waals surface area contributed by atoms with Gasteiger partial charge in [0.25, 0.3) is 0 Å². The van der Waals surface area contributed by atoms with Gasteiger partial charge in [0.2, 0.25) is 0 Å². The van der Waals surface area contributed by atoms with Crippen molar-refractivity contribution in [3.05, 3.63) is 41.0 Å². The molecular formula is C19H20O3. The lowest BCUT2D eigenvalue weighted by atomic mass is 9.81. The standard InChI is InChI=1S/C19H20O3/c1-11-7-13-14-8-12(2)17(21)10-18(14)22-19(5-3-4-6-19)15(13)9-16(11)20/h7-10,20-21H,3-6H2,1-2H3. The molecule has 0 bridgehead atoms. The van der Waals surface area contributed by atoms with Crippen LogP contribution in [0.3, 0.4) is 0 Å². The minimum absolute atomic E-state index is 0.269. The summed E-state index contributed by atoms with van der Waals surface area (Å²) in [6.07, 6.45) is 4.16. The molecule has 1 saturated carbocycles. The zero-order valence-corrected chi connectivity index (χ0v) is 12.9. The summed E-state index contributed by atoms with van der Waals surface area (Å²) in [5, 5.41) is 20.2. The molecule has 1 spiro atoms. The van der Waals surface area contributed by atoms with E-state index in [9.17, 15) is 10.2 Å². The Kier molecular flexibility index (Phi) is 2.71. The van der Waals surface area contributed by atoms with Gasteiger partial charge in [-0.25, -0.2) is 0 Å². The molecule has 2 aromatic rings. The van der Waals surface area contributed by atoms with Gasteiger partial charge in [0.05, 0.1) is 0 Å². The zero-order chi connectivity index (χ0) is 15.5. The summed E-state index contributed by atoms with van der Waals surface area (Å²) in [6, 6.07) is 7.63. The van der Waals surface area contributed by atoms with E-state index in [1.54, 1.807) is 6.07 Å². The van der Waals surface area contributed by atoms with Crippen LogP contribution in [0.5, 0.6) is 17.2 Å². The molecule has 1 heterocycles. The fraction of sp³-hybridized carbons (Fsp3) is 0.368. The average molecular weight is 296 g/mol. The number of ether oxygens (including phenoxy) is 1. The van der Waals surface area contributed by atoms with E-state index in [-0.39, 0.29) is 11.4 Å². The Morgan fingerprint density at radius 3 is 2.14 bits per heavy atom. The van der Waals surface area contributed by atoms with E-state index in [1.807, 2.05) is 32.0 Å². The van der Waals surface area contributed by atoms with E-state index in [0.717, 1.165) is 59.3 Å². The molecule has 114 valence electrons. The Morgan fingerprint density at radius 1 is 0.864 bits per heavy atom. The topological polar surface area (TPSA) is 49.7 Å². The second-order valence-corrected chi connectivity index (χ2v) is 6.62. The number of phenolic OH excluding ortho intramolecular Hbond substituents is 2. The first-order valence-electron chi connectivity index (χ1n) is 7.87. The molecule has 2 aromatic carbocycles. The summed E-state index contributed by atoms with van der Waals surface area (Å²) in [4.78, 5) is 0. The largest absolute Gasteiger partial charge is 0.508 e. The van der Waals surface area contributed by atoms with Crippen molar-refractivity contribution in [3.63, 3.8) is 0 Å². The maximum Gasteiger partial charge on any atom is 0.135 e. The number of aromatic hydroxyl groups is 2. The van der Waals surface area contributed by atoms with Crippen molar-refractivity contribution in [2.24, 2.45) is 0 Å². The molecule has 1 fully saturated rings. The highest BCUT2D eigenvalue weighted by atomic mass is 16.5. The van der Waals surface area contributed by atoms with Crippen LogP contribution in [0.2, 0.25) is 0 Å². The van der Waals surface area contributed by atoms with Crippen molar-refractivity contribution < 1.29 is 14.9 Å². The van der Waals surface area contributed by atoms with Gasteiger partial charge in [-0.05, 0) is 74.4 Å². The molecular weight excluding hydrogens is 276 g/mol. The molecule has 0 atom stereocenters. The molecule has 0 aromatic heterocycles. The summed E-state index contributed by atoms with van der Waals surface area (Å²) >= 11 is 0. The van der Waals surface area contributed by atoms with Gasteiger partial charge in [0.1, 0.15) is 22.8 Å². The Balaban J connectivity index is 2.03. The predicted octanol–water partition coefficient (Wildman–Crippen LogP) is 4.54. The minimum Gasteiger partial charge on any atom is -0.508 e. The van der Waals surface area contributed by atoms with Crippen LogP contribution < -0.4 is 4.74 Å². The van der Waals surface area contributed by atoms with E-state index in [4.69, 9.17) is 4.74 Å². The van der Waals surface area contributed by atoms with Crippen molar-refractivity contribution >= 4 is 0 Å². The van der Waals surface area contributed by atoms with Crippen molar-refractivity contribution in [1.82, 2.24) is 0 Å². The fourth-order valence-electron chi connectivity index (χ4n) is 3.85. The normalized spacial score (nSPS) is 17.9. The second kappa shape index (κ2) is 4.42. The highest BCUT2D eigenvalue weighted by molar-refractivity contribution is 5.79. The van der Waals surface area contributed by atoms with Gasteiger partial charge in [-0.3, -0.25) is 0 Å². The van der Waals surface area contributed by atoms with E-state index in [1.165, 1.54) is 0 Å². The van der Waals surface area contributed by atoms with Crippen molar-refractivity contribution in [3.8, 4) is 28.4 Å². The number of hydrogen-bond donors (Lipinski definition) is 2. The molecule has 0 unspecified atom stereocenters. The molecule has 3 nitrogen and oxygen atoms in total. The Labute approximate surface area is 130 Å². The average Bonchev–Trinajstić information content (AvgIpc) is 2.93. The summed E-state index contributed by atoms with van der Waals surface area (Å²) in [5.41, 5.74) is 4.57. The number of benzene rings is 2. The third kappa shape index (κ3) is 1.75. The van der Waals surface area contributed by atoms with Gasteiger partial charge in [-0.1, -0.05) is 0 Å². The SMILES string of the molecule is Cc1cc2c(cc1O)OC1(CCCC1)c1cc(O)c(C)cc1-2. The molecule has 2 N–H and O–H groups in total. The van der Waals surface area contributed by atoms with Gasteiger partial charge in [-0.15, -0.1) is 0 Å². The molecule has 2 aliphatic rings. The van der Waals surface area contributed by atoms with Crippen LogP contribution in [0.4, 0.5) is 0 Å². The maximum atomic E-state index is 10.2. The number of aryl methyl sites for hydroxylation is 2. The fourth-order valence-corrected chi connectivity index (χ4v) is 3.85. The first-order chi connectivity index (χ1) is 10.5. The first kappa shape index (κ1) is 13.5. The van der Waals surface area contributed by atoms with Gasteiger partial charge >= 0.3 is 0 Å². The van der Waals surface area contributed by atoms with E-state index in [0.29, 0.717) is 5.75 Å². The van der Waals surface area contributed by atoms with E-state index in [2.05, 4.69) is 0 Å². The lowest BCUT2D eigenvalue weighted by molar-refractivity contribution is 0.0706. The second-order valence-electron chi connectivity index (χ2n) is 6.62. The van der Waals surface area contributed by atoms with Crippen LogP contribution in [0.15, 0.2) is 24.3 Å². The monoisotopic (exact) mass is 296 g/mol. The molecule has 22 heavy (non-hydrogen) atoms. The van der Waals surface area contributed by atoms with E-state index >= 15 is 0 Å². The van der Waals surface area contributed by atoms with Crippen molar-refractivity contribution in [1.29, 1.82) is 0 Å². The third-order valence-electron chi connectivity index (χ3n) is 5.13. The van der Waals surface area contributed by atoms with Gasteiger partial charge in [0.15, 0.2) is 0 Å². The molecule has 1 aliphatic carbocycles. The Bertz CT molecular complexity index is 771. The van der Waals surface area contributed by atoms with Crippen LogP contribution in [-0.2, 0) is 5.60 Å². The molecule has 0 amide bonds. The van der Waals surface area contributed by atoms with Gasteiger partial charge in [-0.2, -0.15) is 0 Å². The van der Waals surface area contributed by atoms with Crippen molar-refractivity contribution in [2.75, 3.05) is 0 Å². The Hall–Kier alpha value is -2.16. The number of fused-ring (bicyclic) bond motifs is 4. The van der Waals surface area contributed by atoms with Crippen LogP contribution in [0.25, 0.3) is 11.1 Å². The van der Waals surface area contributed by atoms with Crippen LogP contribution in [0.1, 0.15) is 42.4 Å². The summed E-state index contributed by atoms with van der Waals surface area (Å²) < 4.78 is 6.37. The van der Waals surface area contributed by atoms with E-state index < -0.39 is 0 Å². The van der Waals surface area contributed by atoms with Crippen LogP contribution in [-0.4, -0.2) is 10.2 Å². The molecule has 1 aliphatic heterocycles. The lowest BCUT2D eigenvalue weighted by Gasteiger charge is -2.38. The first-order valence-corrected chi connectivity index (χ1v) is 7.87. The Morgan fingerprint density at radius 2 is 1.45 bits per heavy atom. The number of rotatable bonds is 0. The molecule has 3 heteroatoms. The van der Waals surface area contributed by atoms with Crippen molar-refractivity contribution in [2.45, 2.75) is 45.1 Å². The highest BCUT2D eigenvalue weighted by Crippen LogP contribution is 2.54. The predicted molar refractivity (Wildman–Crippen MR) is 85.5 cm³/mol. The number of hydrogen-bond acceptors (Lipinski definition) is 3.